The number of nitrogens with one attached hydrogen (secondary N) is 1. The summed E-state index contributed by atoms with van der Waals surface area (Å²) in [4.78, 5) is 16.4. The first-order valence-electron chi connectivity index (χ1n) is 6.29. The van der Waals surface area contributed by atoms with Crippen LogP contribution in [0.4, 0.5) is 10.1 Å². The standard InChI is InChI=1S/C14H14FN3O/c15-11-1-3-12(4-2-11)17-14(19)10-5-7-18-8-6-16-13(18)9-10/h1-4,6,8,10H,5,7,9H2,(H,17,19). The average molecular weight is 259 g/mol. The zero-order chi connectivity index (χ0) is 13.2. The molecule has 0 aliphatic carbocycles. The molecule has 0 saturated carbocycles. The van der Waals surface area contributed by atoms with Crippen LogP contribution in [0.2, 0.25) is 0 Å². The molecule has 98 valence electrons. The highest BCUT2D eigenvalue weighted by atomic mass is 19.1. The summed E-state index contributed by atoms with van der Waals surface area (Å²) in [7, 11) is 0. The van der Waals surface area contributed by atoms with Gasteiger partial charge in [-0.1, -0.05) is 0 Å². The zero-order valence-electron chi connectivity index (χ0n) is 10.3. The van der Waals surface area contributed by atoms with E-state index in [1.54, 1.807) is 18.3 Å². The van der Waals surface area contributed by atoms with Gasteiger partial charge < -0.3 is 9.88 Å². The smallest absolute Gasteiger partial charge is 0.228 e. The predicted molar refractivity (Wildman–Crippen MR) is 69.1 cm³/mol. The predicted octanol–water partition coefficient (Wildman–Crippen LogP) is 2.22. The van der Waals surface area contributed by atoms with Crippen LogP contribution in [0.1, 0.15) is 12.2 Å². The molecule has 1 aromatic carbocycles. The monoisotopic (exact) mass is 259 g/mol. The Morgan fingerprint density at radius 3 is 2.95 bits per heavy atom. The number of hydrogen-bond acceptors (Lipinski definition) is 2. The number of fused-ring (bicyclic) bond motifs is 1. The second-order valence-corrected chi connectivity index (χ2v) is 4.72. The van der Waals surface area contributed by atoms with Gasteiger partial charge in [0.15, 0.2) is 0 Å². The highest BCUT2D eigenvalue weighted by molar-refractivity contribution is 5.92. The number of anilines is 1. The molecule has 1 aliphatic rings. The molecule has 19 heavy (non-hydrogen) atoms. The van der Waals surface area contributed by atoms with E-state index in [0.717, 1.165) is 18.8 Å². The van der Waals surface area contributed by atoms with Gasteiger partial charge in [-0.25, -0.2) is 9.37 Å². The molecule has 0 saturated heterocycles. The number of aromatic nitrogens is 2. The fourth-order valence-electron chi connectivity index (χ4n) is 2.35. The maximum Gasteiger partial charge on any atom is 0.228 e. The molecule has 2 aromatic rings. The van der Waals surface area contributed by atoms with E-state index in [1.165, 1.54) is 12.1 Å². The first-order chi connectivity index (χ1) is 9.22. The number of benzene rings is 1. The average Bonchev–Trinajstić information content (AvgIpc) is 2.88. The van der Waals surface area contributed by atoms with Gasteiger partial charge in [-0.2, -0.15) is 0 Å². The van der Waals surface area contributed by atoms with Crippen molar-refractivity contribution in [2.45, 2.75) is 19.4 Å². The minimum absolute atomic E-state index is 0.0270. The summed E-state index contributed by atoms with van der Waals surface area (Å²) in [5, 5.41) is 2.82. The number of hydrogen-bond donors (Lipinski definition) is 1. The van der Waals surface area contributed by atoms with E-state index in [1.807, 2.05) is 6.20 Å². The van der Waals surface area contributed by atoms with Gasteiger partial charge in [0.2, 0.25) is 5.91 Å². The van der Waals surface area contributed by atoms with Crippen molar-refractivity contribution in [3.8, 4) is 0 Å². The summed E-state index contributed by atoms with van der Waals surface area (Å²) in [5.74, 6) is 0.545. The molecule has 1 unspecified atom stereocenters. The molecule has 1 N–H and O–H groups in total. The first-order valence-corrected chi connectivity index (χ1v) is 6.29. The van der Waals surface area contributed by atoms with Gasteiger partial charge in [0.1, 0.15) is 11.6 Å². The second-order valence-electron chi connectivity index (χ2n) is 4.72. The van der Waals surface area contributed by atoms with Crippen LogP contribution in [0.15, 0.2) is 36.7 Å². The Bertz CT molecular complexity index is 591. The van der Waals surface area contributed by atoms with Gasteiger partial charge in [0, 0.05) is 37.0 Å². The lowest BCUT2D eigenvalue weighted by Crippen LogP contribution is -2.30. The molecule has 1 atom stereocenters. The number of carbonyl (C=O) groups is 1. The Morgan fingerprint density at radius 2 is 2.16 bits per heavy atom. The summed E-state index contributed by atoms with van der Waals surface area (Å²) in [5.41, 5.74) is 0.625. The maximum absolute atomic E-state index is 12.8. The quantitative estimate of drug-likeness (QED) is 0.899. The van der Waals surface area contributed by atoms with Crippen molar-refractivity contribution in [1.29, 1.82) is 0 Å². The van der Waals surface area contributed by atoms with Crippen molar-refractivity contribution in [3.63, 3.8) is 0 Å². The molecular formula is C14H14FN3O. The van der Waals surface area contributed by atoms with Crippen molar-refractivity contribution in [1.82, 2.24) is 9.55 Å². The van der Waals surface area contributed by atoms with Gasteiger partial charge in [-0.15, -0.1) is 0 Å². The van der Waals surface area contributed by atoms with Crippen molar-refractivity contribution in [3.05, 3.63) is 48.3 Å². The Hall–Kier alpha value is -2.17. The molecular weight excluding hydrogens is 245 g/mol. The van der Waals surface area contributed by atoms with Crippen LogP contribution < -0.4 is 5.32 Å². The molecule has 0 fully saturated rings. The highest BCUT2D eigenvalue weighted by Gasteiger charge is 2.25. The van der Waals surface area contributed by atoms with Crippen molar-refractivity contribution in [2.24, 2.45) is 5.92 Å². The molecule has 1 amide bonds. The van der Waals surface area contributed by atoms with Gasteiger partial charge in [-0.3, -0.25) is 4.79 Å². The minimum Gasteiger partial charge on any atom is -0.335 e. The summed E-state index contributed by atoms with van der Waals surface area (Å²) < 4.78 is 14.9. The fourth-order valence-corrected chi connectivity index (χ4v) is 2.35. The van der Waals surface area contributed by atoms with E-state index in [-0.39, 0.29) is 17.6 Å². The Morgan fingerprint density at radius 1 is 1.37 bits per heavy atom. The number of carbonyl (C=O) groups excluding carboxylic acids is 1. The van der Waals surface area contributed by atoms with Crippen LogP contribution in [0, 0.1) is 11.7 Å². The van der Waals surface area contributed by atoms with Crippen molar-refractivity contribution in [2.75, 3.05) is 5.32 Å². The van der Waals surface area contributed by atoms with Gasteiger partial charge in [0.05, 0.1) is 0 Å². The molecule has 2 heterocycles. The third-order valence-corrected chi connectivity index (χ3v) is 3.43. The fraction of sp³-hybridized carbons (Fsp3) is 0.286. The normalized spacial score (nSPS) is 17.8. The number of rotatable bonds is 2. The van der Waals surface area contributed by atoms with Gasteiger partial charge in [0.25, 0.3) is 0 Å². The van der Waals surface area contributed by atoms with Crippen LogP contribution in [-0.4, -0.2) is 15.5 Å². The van der Waals surface area contributed by atoms with Crippen LogP contribution in [0.5, 0.6) is 0 Å². The number of imidazole rings is 1. The largest absolute Gasteiger partial charge is 0.335 e. The Labute approximate surface area is 110 Å². The van der Waals surface area contributed by atoms with Crippen molar-refractivity contribution >= 4 is 11.6 Å². The van der Waals surface area contributed by atoms with Gasteiger partial charge >= 0.3 is 0 Å². The molecule has 0 spiro atoms. The van der Waals surface area contributed by atoms with E-state index in [9.17, 15) is 9.18 Å². The minimum atomic E-state index is -0.308. The SMILES string of the molecule is O=C(Nc1ccc(F)cc1)C1CCn2ccnc2C1. The highest BCUT2D eigenvalue weighted by Crippen LogP contribution is 2.21. The Kier molecular flexibility index (Phi) is 3.03. The van der Waals surface area contributed by atoms with Crippen LogP contribution in [0.3, 0.4) is 0 Å². The molecule has 5 heteroatoms. The summed E-state index contributed by atoms with van der Waals surface area (Å²) >= 11 is 0. The molecule has 3 rings (SSSR count). The summed E-state index contributed by atoms with van der Waals surface area (Å²) in [6.45, 7) is 0.816. The van der Waals surface area contributed by atoms with E-state index in [0.29, 0.717) is 12.1 Å². The topological polar surface area (TPSA) is 46.9 Å². The third-order valence-electron chi connectivity index (χ3n) is 3.43. The van der Waals surface area contributed by atoms with E-state index in [4.69, 9.17) is 0 Å². The third kappa shape index (κ3) is 2.50. The number of aryl methyl sites for hydroxylation is 1. The number of nitrogens with zero attached hydrogens (tertiary/aromatic N) is 2. The van der Waals surface area contributed by atoms with Crippen LogP contribution in [0.25, 0.3) is 0 Å². The summed E-state index contributed by atoms with van der Waals surface area (Å²) in [6.07, 6.45) is 5.15. The number of amides is 1. The molecule has 0 radical (unpaired) electrons. The second kappa shape index (κ2) is 4.84. The molecule has 1 aliphatic heterocycles. The summed E-state index contributed by atoms with van der Waals surface area (Å²) in [6, 6.07) is 5.81. The number of halogens is 1. The molecule has 4 nitrogen and oxygen atoms in total. The van der Waals surface area contributed by atoms with E-state index in [2.05, 4.69) is 14.9 Å². The van der Waals surface area contributed by atoms with E-state index >= 15 is 0 Å². The lowest BCUT2D eigenvalue weighted by molar-refractivity contribution is -0.120. The lowest BCUT2D eigenvalue weighted by Gasteiger charge is -2.22. The van der Waals surface area contributed by atoms with E-state index < -0.39 is 0 Å². The maximum atomic E-state index is 12.8. The van der Waals surface area contributed by atoms with Gasteiger partial charge in [-0.05, 0) is 30.7 Å². The zero-order valence-corrected chi connectivity index (χ0v) is 10.3. The molecule has 1 aromatic heterocycles. The molecule has 0 bridgehead atoms. The first kappa shape index (κ1) is 11.9. The van der Waals surface area contributed by atoms with Crippen LogP contribution >= 0.6 is 0 Å². The Balaban J connectivity index is 1.67. The van der Waals surface area contributed by atoms with Crippen LogP contribution in [-0.2, 0) is 17.8 Å². The lowest BCUT2D eigenvalue weighted by atomic mass is 9.97. The van der Waals surface area contributed by atoms with Crippen molar-refractivity contribution < 1.29 is 9.18 Å².